The van der Waals surface area contributed by atoms with Crippen molar-refractivity contribution in [1.82, 2.24) is 9.78 Å². The third-order valence-corrected chi connectivity index (χ3v) is 3.42. The fraction of sp³-hybridized carbons (Fsp3) is 0.125. The number of carbonyl (C=O) groups excluding carboxylic acids is 1. The van der Waals surface area contributed by atoms with E-state index >= 15 is 0 Å². The van der Waals surface area contributed by atoms with Crippen LogP contribution in [0.2, 0.25) is 0 Å². The van der Waals surface area contributed by atoms with E-state index in [1.807, 2.05) is 37.4 Å². The van der Waals surface area contributed by atoms with Gasteiger partial charge in [0, 0.05) is 23.6 Å². The summed E-state index contributed by atoms with van der Waals surface area (Å²) in [6.45, 7) is 2.07. The second-order valence-electron chi connectivity index (χ2n) is 4.65. The Kier molecular flexibility index (Phi) is 2.67. The Morgan fingerprint density at radius 1 is 1.11 bits per heavy atom. The van der Waals surface area contributed by atoms with Crippen molar-refractivity contribution < 1.29 is 4.79 Å². The summed E-state index contributed by atoms with van der Waals surface area (Å²) in [5.41, 5.74) is 4.78. The number of aromatic nitrogens is 2. The van der Waals surface area contributed by atoms with Gasteiger partial charge in [-0.3, -0.25) is 9.48 Å². The average Bonchev–Trinajstić information content (AvgIpc) is 2.77. The molecular weight excluding hydrogens is 236 g/mol. The topological polar surface area (TPSA) is 34.9 Å². The van der Waals surface area contributed by atoms with Gasteiger partial charge in [0.05, 0.1) is 5.52 Å². The number of para-hydroxylation sites is 1. The van der Waals surface area contributed by atoms with Gasteiger partial charge in [-0.05, 0) is 18.6 Å². The van der Waals surface area contributed by atoms with Crippen LogP contribution < -0.4 is 0 Å². The summed E-state index contributed by atoms with van der Waals surface area (Å²) in [7, 11) is 1.87. The van der Waals surface area contributed by atoms with Crippen LogP contribution in [0.5, 0.6) is 0 Å². The molecule has 0 aliphatic heterocycles. The van der Waals surface area contributed by atoms with E-state index in [1.165, 1.54) is 5.56 Å². The molecule has 0 spiro atoms. The molecular formula is C16H14N2O. The molecule has 0 radical (unpaired) electrons. The summed E-state index contributed by atoms with van der Waals surface area (Å²) in [6.07, 6.45) is 0.881. The van der Waals surface area contributed by atoms with E-state index in [-0.39, 0.29) is 0 Å². The van der Waals surface area contributed by atoms with Gasteiger partial charge >= 0.3 is 0 Å². The van der Waals surface area contributed by atoms with E-state index < -0.39 is 0 Å². The summed E-state index contributed by atoms with van der Waals surface area (Å²) < 4.78 is 1.78. The van der Waals surface area contributed by atoms with Gasteiger partial charge in [-0.15, -0.1) is 0 Å². The maximum Gasteiger partial charge on any atom is 0.152 e. The summed E-state index contributed by atoms with van der Waals surface area (Å²) in [6, 6.07) is 13.9. The minimum atomic E-state index is 0.673. The maximum atomic E-state index is 11.1. The molecule has 0 aliphatic rings. The molecule has 0 atom stereocenters. The molecule has 3 aromatic rings. The van der Waals surface area contributed by atoms with Crippen molar-refractivity contribution >= 4 is 17.2 Å². The van der Waals surface area contributed by atoms with Crippen molar-refractivity contribution in [2.24, 2.45) is 7.05 Å². The van der Waals surface area contributed by atoms with E-state index in [9.17, 15) is 4.79 Å². The van der Waals surface area contributed by atoms with Crippen molar-refractivity contribution in [2.45, 2.75) is 6.92 Å². The quantitative estimate of drug-likeness (QED) is 0.654. The summed E-state index contributed by atoms with van der Waals surface area (Å²) in [4.78, 5) is 11.1. The van der Waals surface area contributed by atoms with Crippen LogP contribution in [0.4, 0.5) is 0 Å². The van der Waals surface area contributed by atoms with E-state index in [1.54, 1.807) is 4.68 Å². The Morgan fingerprint density at radius 2 is 1.89 bits per heavy atom. The third-order valence-electron chi connectivity index (χ3n) is 3.42. The molecule has 0 N–H and O–H groups in total. The van der Waals surface area contributed by atoms with Gasteiger partial charge in [-0.2, -0.15) is 5.10 Å². The molecule has 2 aromatic carbocycles. The van der Waals surface area contributed by atoms with Gasteiger partial charge in [0.25, 0.3) is 0 Å². The van der Waals surface area contributed by atoms with Gasteiger partial charge < -0.3 is 0 Å². The van der Waals surface area contributed by atoms with Crippen LogP contribution in [-0.2, 0) is 7.05 Å². The van der Waals surface area contributed by atoms with Gasteiger partial charge in [-0.1, -0.05) is 36.4 Å². The molecule has 0 unspecified atom stereocenters. The number of benzene rings is 2. The number of hydrogen-bond acceptors (Lipinski definition) is 2. The van der Waals surface area contributed by atoms with E-state index in [2.05, 4.69) is 24.2 Å². The predicted octanol–water partition coefficient (Wildman–Crippen LogP) is 3.36. The van der Waals surface area contributed by atoms with Crippen LogP contribution in [0.1, 0.15) is 15.9 Å². The van der Waals surface area contributed by atoms with Crippen molar-refractivity contribution in [1.29, 1.82) is 0 Å². The number of rotatable bonds is 2. The highest BCUT2D eigenvalue weighted by molar-refractivity contribution is 6.02. The zero-order chi connectivity index (χ0) is 13.4. The van der Waals surface area contributed by atoms with E-state index in [4.69, 9.17) is 0 Å². The SMILES string of the molecule is Cc1ccccc1-c1nn(C)c2c(C=O)cccc12. The molecule has 0 saturated heterocycles. The molecule has 0 aliphatic carbocycles. The first-order valence-corrected chi connectivity index (χ1v) is 6.19. The lowest BCUT2D eigenvalue weighted by Crippen LogP contribution is -1.93. The second kappa shape index (κ2) is 4.35. The van der Waals surface area contributed by atoms with Crippen molar-refractivity contribution in [2.75, 3.05) is 0 Å². The summed E-state index contributed by atoms with van der Waals surface area (Å²) in [5, 5.41) is 5.60. The number of carbonyl (C=O) groups is 1. The molecule has 1 heterocycles. The molecule has 0 bridgehead atoms. The van der Waals surface area contributed by atoms with Crippen molar-refractivity contribution in [3.8, 4) is 11.3 Å². The Hall–Kier alpha value is -2.42. The zero-order valence-corrected chi connectivity index (χ0v) is 10.9. The Labute approximate surface area is 111 Å². The van der Waals surface area contributed by atoms with E-state index in [0.29, 0.717) is 5.56 Å². The van der Waals surface area contributed by atoms with Gasteiger partial charge in [0.1, 0.15) is 5.69 Å². The number of aldehydes is 1. The minimum absolute atomic E-state index is 0.673. The molecule has 0 saturated carbocycles. The molecule has 19 heavy (non-hydrogen) atoms. The predicted molar refractivity (Wildman–Crippen MR) is 76.3 cm³/mol. The van der Waals surface area contributed by atoms with Crippen LogP contribution in [0, 0.1) is 6.92 Å². The minimum Gasteiger partial charge on any atom is -0.298 e. The number of aryl methyl sites for hydroxylation is 2. The highest BCUT2D eigenvalue weighted by Crippen LogP contribution is 2.30. The van der Waals surface area contributed by atoms with E-state index in [0.717, 1.165) is 28.4 Å². The number of hydrogen-bond donors (Lipinski definition) is 0. The maximum absolute atomic E-state index is 11.1. The molecule has 3 nitrogen and oxygen atoms in total. The molecule has 0 fully saturated rings. The largest absolute Gasteiger partial charge is 0.298 e. The highest BCUT2D eigenvalue weighted by atomic mass is 16.1. The first-order valence-electron chi connectivity index (χ1n) is 6.19. The lowest BCUT2D eigenvalue weighted by molar-refractivity contribution is 0.112. The standard InChI is InChI=1S/C16H14N2O/c1-11-6-3-4-8-13(11)15-14-9-5-7-12(10-19)16(14)18(2)17-15/h3-10H,1-2H3. The summed E-state index contributed by atoms with van der Waals surface area (Å²) >= 11 is 0. The zero-order valence-electron chi connectivity index (χ0n) is 10.9. The normalized spacial score (nSPS) is 10.8. The first-order chi connectivity index (χ1) is 9.22. The van der Waals surface area contributed by atoms with Crippen molar-refractivity contribution in [3.63, 3.8) is 0 Å². The van der Waals surface area contributed by atoms with Crippen LogP contribution in [0.25, 0.3) is 22.2 Å². The first kappa shape index (κ1) is 11.7. The van der Waals surface area contributed by atoms with Crippen molar-refractivity contribution in [3.05, 3.63) is 53.6 Å². The fourth-order valence-electron chi connectivity index (χ4n) is 2.50. The number of fused-ring (bicyclic) bond motifs is 1. The molecule has 94 valence electrons. The molecule has 3 rings (SSSR count). The molecule has 1 aromatic heterocycles. The Balaban J connectivity index is 2.38. The Morgan fingerprint density at radius 3 is 2.63 bits per heavy atom. The highest BCUT2D eigenvalue weighted by Gasteiger charge is 2.14. The second-order valence-corrected chi connectivity index (χ2v) is 4.65. The van der Waals surface area contributed by atoms with Crippen LogP contribution in [0.15, 0.2) is 42.5 Å². The monoisotopic (exact) mass is 250 g/mol. The molecule has 0 amide bonds. The third kappa shape index (κ3) is 1.74. The number of nitrogens with zero attached hydrogens (tertiary/aromatic N) is 2. The van der Waals surface area contributed by atoms with Crippen LogP contribution >= 0.6 is 0 Å². The Bertz CT molecular complexity index is 772. The van der Waals surface area contributed by atoms with Gasteiger partial charge in [-0.25, -0.2) is 0 Å². The molecule has 3 heteroatoms. The fourth-order valence-corrected chi connectivity index (χ4v) is 2.50. The summed E-state index contributed by atoms with van der Waals surface area (Å²) in [5.74, 6) is 0. The smallest absolute Gasteiger partial charge is 0.152 e. The lowest BCUT2D eigenvalue weighted by Gasteiger charge is -2.02. The van der Waals surface area contributed by atoms with Crippen LogP contribution in [0.3, 0.4) is 0 Å². The lowest BCUT2D eigenvalue weighted by atomic mass is 10.0. The average molecular weight is 250 g/mol. The van der Waals surface area contributed by atoms with Crippen LogP contribution in [-0.4, -0.2) is 16.1 Å². The van der Waals surface area contributed by atoms with Gasteiger partial charge in [0.2, 0.25) is 0 Å². The van der Waals surface area contributed by atoms with Gasteiger partial charge in [0.15, 0.2) is 6.29 Å².